The highest BCUT2D eigenvalue weighted by Gasteiger charge is 2.29. The summed E-state index contributed by atoms with van der Waals surface area (Å²) in [5.74, 6) is 0.688. The fourth-order valence-electron chi connectivity index (χ4n) is 3.32. The molecule has 0 unspecified atom stereocenters. The number of ether oxygens (including phenoxy) is 1. The minimum atomic E-state index is -0.461. The van der Waals surface area contributed by atoms with Gasteiger partial charge >= 0.3 is 0 Å². The van der Waals surface area contributed by atoms with Crippen LogP contribution in [0.2, 0.25) is 0 Å². The molecule has 3 rings (SSSR count). The van der Waals surface area contributed by atoms with Crippen molar-refractivity contribution in [3.8, 4) is 17.2 Å². The molecule has 2 aromatic carbocycles. The highest BCUT2D eigenvalue weighted by molar-refractivity contribution is 6.00. The van der Waals surface area contributed by atoms with E-state index >= 15 is 0 Å². The smallest absolute Gasteiger partial charge is 0.170 e. The van der Waals surface area contributed by atoms with Crippen molar-refractivity contribution in [2.45, 2.75) is 46.6 Å². The molecule has 2 N–H and O–H groups in total. The maximum absolute atomic E-state index is 12.6. The van der Waals surface area contributed by atoms with Gasteiger partial charge in [-0.3, -0.25) is 4.79 Å². The van der Waals surface area contributed by atoms with Gasteiger partial charge in [-0.05, 0) is 69.5 Å². The average molecular weight is 378 g/mol. The topological polar surface area (TPSA) is 66.8 Å². The summed E-state index contributed by atoms with van der Waals surface area (Å²) in [4.78, 5) is 12.6. The van der Waals surface area contributed by atoms with Crippen LogP contribution in [-0.4, -0.2) is 16.0 Å². The van der Waals surface area contributed by atoms with Gasteiger partial charge in [0.15, 0.2) is 5.78 Å². The number of rotatable bonds is 4. The number of phenols is 2. The fraction of sp³-hybridized carbons (Fsp3) is 0.292. The molecule has 0 bridgehead atoms. The largest absolute Gasteiger partial charge is 0.508 e. The molecule has 0 fully saturated rings. The van der Waals surface area contributed by atoms with Crippen LogP contribution >= 0.6 is 0 Å². The molecule has 0 amide bonds. The van der Waals surface area contributed by atoms with Gasteiger partial charge in [0.2, 0.25) is 0 Å². The van der Waals surface area contributed by atoms with E-state index in [1.807, 2.05) is 45.9 Å². The first-order chi connectivity index (χ1) is 13.2. The lowest BCUT2D eigenvalue weighted by molar-refractivity contribution is 0.0849. The van der Waals surface area contributed by atoms with Crippen LogP contribution < -0.4 is 4.74 Å². The van der Waals surface area contributed by atoms with E-state index in [1.54, 1.807) is 6.07 Å². The predicted octanol–water partition coefficient (Wildman–Crippen LogP) is 5.74. The average Bonchev–Trinajstić information content (AvgIpc) is 2.61. The Morgan fingerprint density at radius 3 is 2.54 bits per heavy atom. The maximum atomic E-state index is 12.6. The first-order valence-electron chi connectivity index (χ1n) is 9.41. The molecular formula is C24H26O4. The lowest BCUT2D eigenvalue weighted by Gasteiger charge is -2.26. The Morgan fingerprint density at radius 1 is 1.11 bits per heavy atom. The summed E-state index contributed by atoms with van der Waals surface area (Å²) < 4.78 is 6.05. The van der Waals surface area contributed by atoms with Gasteiger partial charge < -0.3 is 14.9 Å². The molecule has 4 heteroatoms. The Morgan fingerprint density at radius 2 is 1.86 bits per heavy atom. The van der Waals surface area contributed by atoms with Crippen LogP contribution in [0.5, 0.6) is 17.2 Å². The second kappa shape index (κ2) is 7.93. The van der Waals surface area contributed by atoms with Crippen molar-refractivity contribution >= 4 is 11.9 Å². The molecule has 2 aromatic rings. The molecule has 1 aliphatic rings. The zero-order valence-electron chi connectivity index (χ0n) is 16.7. The number of phenolic OH excluding ortho intramolecular Hbond substituents is 2. The number of benzene rings is 2. The summed E-state index contributed by atoms with van der Waals surface area (Å²) in [6, 6.07) is 8.34. The fourth-order valence-corrected chi connectivity index (χ4v) is 3.32. The molecule has 146 valence electrons. The van der Waals surface area contributed by atoms with Crippen molar-refractivity contribution in [2.24, 2.45) is 0 Å². The number of aromatic hydroxyl groups is 2. The first kappa shape index (κ1) is 19.7. The molecule has 0 spiro atoms. The van der Waals surface area contributed by atoms with Crippen molar-refractivity contribution < 1.29 is 19.7 Å². The standard InChI is InChI=1S/C24H26O4/c1-14(2)5-6-16-10-17(11-18(24(16)27)9-15(3)4)22-13-21(26)20-8-7-19(25)12-23(20)28-22/h5,7-12,22,25,27H,6,13H2,1-4H3/t22-/m0/s1. The van der Waals surface area contributed by atoms with E-state index in [4.69, 9.17) is 4.74 Å². The normalized spacial score (nSPS) is 15.4. The van der Waals surface area contributed by atoms with E-state index in [0.29, 0.717) is 23.3 Å². The van der Waals surface area contributed by atoms with Crippen LogP contribution in [0.4, 0.5) is 0 Å². The molecule has 1 aliphatic heterocycles. The minimum absolute atomic E-state index is 0.0195. The lowest BCUT2D eigenvalue weighted by atomic mass is 9.92. The highest BCUT2D eigenvalue weighted by Crippen LogP contribution is 2.39. The molecule has 0 aliphatic carbocycles. The van der Waals surface area contributed by atoms with Gasteiger partial charge in [-0.15, -0.1) is 0 Å². The summed E-state index contributed by atoms with van der Waals surface area (Å²) in [5, 5.41) is 20.4. The maximum Gasteiger partial charge on any atom is 0.170 e. The van der Waals surface area contributed by atoms with Crippen molar-refractivity contribution in [1.82, 2.24) is 0 Å². The summed E-state index contributed by atoms with van der Waals surface area (Å²) in [7, 11) is 0. The molecular weight excluding hydrogens is 352 g/mol. The minimum Gasteiger partial charge on any atom is -0.508 e. The van der Waals surface area contributed by atoms with Gasteiger partial charge in [0.05, 0.1) is 12.0 Å². The van der Waals surface area contributed by atoms with E-state index in [-0.39, 0.29) is 23.7 Å². The van der Waals surface area contributed by atoms with Crippen molar-refractivity contribution in [2.75, 3.05) is 0 Å². The van der Waals surface area contributed by atoms with Gasteiger partial charge in [0.1, 0.15) is 23.4 Å². The molecule has 4 nitrogen and oxygen atoms in total. The van der Waals surface area contributed by atoms with Gasteiger partial charge in [-0.1, -0.05) is 23.3 Å². The SMILES string of the molecule is CC(C)=CCc1cc([C@@H]2CC(=O)c3ccc(O)cc3O2)cc(C=C(C)C)c1O. The van der Waals surface area contributed by atoms with Gasteiger partial charge in [-0.2, -0.15) is 0 Å². The zero-order chi connectivity index (χ0) is 20.4. The molecule has 0 aromatic heterocycles. The van der Waals surface area contributed by atoms with Gasteiger partial charge in [0.25, 0.3) is 0 Å². The van der Waals surface area contributed by atoms with Crippen LogP contribution in [0.3, 0.4) is 0 Å². The number of carbonyl (C=O) groups excluding carboxylic acids is 1. The zero-order valence-corrected chi connectivity index (χ0v) is 16.7. The Kier molecular flexibility index (Phi) is 5.59. The Balaban J connectivity index is 2.05. The monoisotopic (exact) mass is 378 g/mol. The van der Waals surface area contributed by atoms with Gasteiger partial charge in [0, 0.05) is 11.6 Å². The molecule has 1 heterocycles. The van der Waals surface area contributed by atoms with E-state index in [2.05, 4.69) is 6.08 Å². The summed E-state index contributed by atoms with van der Waals surface area (Å²) in [6.45, 7) is 7.98. The van der Waals surface area contributed by atoms with E-state index in [1.165, 1.54) is 17.7 Å². The Bertz CT molecular complexity index is 974. The number of hydrogen-bond acceptors (Lipinski definition) is 4. The number of ketones is 1. The number of carbonyl (C=O) groups is 1. The quantitative estimate of drug-likeness (QED) is 0.666. The Labute approximate surface area is 165 Å². The number of allylic oxidation sites excluding steroid dienone is 3. The highest BCUT2D eigenvalue weighted by atomic mass is 16.5. The van der Waals surface area contributed by atoms with Crippen molar-refractivity contribution in [3.05, 3.63) is 69.8 Å². The van der Waals surface area contributed by atoms with Crippen LogP contribution in [0.15, 0.2) is 47.6 Å². The predicted molar refractivity (Wildman–Crippen MR) is 111 cm³/mol. The third-order valence-electron chi connectivity index (χ3n) is 4.69. The van der Waals surface area contributed by atoms with Crippen LogP contribution in [0.1, 0.15) is 67.3 Å². The van der Waals surface area contributed by atoms with Gasteiger partial charge in [-0.25, -0.2) is 0 Å². The van der Waals surface area contributed by atoms with E-state index < -0.39 is 6.10 Å². The van der Waals surface area contributed by atoms with Crippen molar-refractivity contribution in [3.63, 3.8) is 0 Å². The number of Topliss-reactive ketones (excluding diaryl/α,β-unsaturated/α-hetero) is 1. The third-order valence-corrected chi connectivity index (χ3v) is 4.69. The van der Waals surface area contributed by atoms with Crippen LogP contribution in [0, 0.1) is 0 Å². The number of fused-ring (bicyclic) bond motifs is 1. The van der Waals surface area contributed by atoms with E-state index in [9.17, 15) is 15.0 Å². The molecule has 0 saturated heterocycles. The first-order valence-corrected chi connectivity index (χ1v) is 9.41. The lowest BCUT2D eigenvalue weighted by Crippen LogP contribution is -2.20. The molecule has 28 heavy (non-hydrogen) atoms. The summed E-state index contributed by atoms with van der Waals surface area (Å²) >= 11 is 0. The molecule has 0 saturated carbocycles. The Hall–Kier alpha value is -3.01. The van der Waals surface area contributed by atoms with Crippen LogP contribution in [0.25, 0.3) is 6.08 Å². The molecule has 1 atom stereocenters. The van der Waals surface area contributed by atoms with E-state index in [0.717, 1.165) is 16.7 Å². The third kappa shape index (κ3) is 4.28. The molecule has 0 radical (unpaired) electrons. The number of hydrogen-bond donors (Lipinski definition) is 2. The van der Waals surface area contributed by atoms with Crippen molar-refractivity contribution in [1.29, 1.82) is 0 Å². The summed E-state index contributed by atoms with van der Waals surface area (Å²) in [5.41, 5.74) is 5.07. The van der Waals surface area contributed by atoms with Crippen LogP contribution in [-0.2, 0) is 6.42 Å². The second-order valence-electron chi connectivity index (χ2n) is 7.74. The summed E-state index contributed by atoms with van der Waals surface area (Å²) in [6.07, 6.45) is 4.35. The second-order valence-corrected chi connectivity index (χ2v) is 7.74.